The lowest BCUT2D eigenvalue weighted by atomic mass is 10.1. The average Bonchev–Trinajstić information content (AvgIpc) is 3.08. The van der Waals surface area contributed by atoms with Crippen LogP contribution >= 0.6 is 0 Å². The fourth-order valence-corrected chi connectivity index (χ4v) is 3.56. The molecular weight excluding hydrogens is 364 g/mol. The lowest BCUT2D eigenvalue weighted by Gasteiger charge is -2.18. The highest BCUT2D eigenvalue weighted by atomic mass is 16.5. The van der Waals surface area contributed by atoms with Gasteiger partial charge in [0.15, 0.2) is 0 Å². The molecule has 0 aliphatic rings. The minimum atomic E-state index is -0.143. The van der Waals surface area contributed by atoms with Crippen LogP contribution in [0.1, 0.15) is 16.7 Å². The summed E-state index contributed by atoms with van der Waals surface area (Å²) in [7, 11) is 1.95. The number of nitriles is 1. The maximum atomic E-state index is 12.7. The quantitative estimate of drug-likeness (QED) is 0.551. The molecule has 0 fully saturated rings. The zero-order valence-corrected chi connectivity index (χ0v) is 16.5. The molecule has 2 aromatic heterocycles. The number of aromatic amines is 1. The van der Waals surface area contributed by atoms with Gasteiger partial charge >= 0.3 is 0 Å². The molecule has 6 heteroatoms. The number of imidazole rings is 1. The zero-order chi connectivity index (χ0) is 20.4. The maximum Gasteiger partial charge on any atom is 0.257 e. The fraction of sp³-hybridized carbons (Fsp3) is 0.217. The zero-order valence-electron chi connectivity index (χ0n) is 16.5. The fourth-order valence-electron chi connectivity index (χ4n) is 3.56. The molecule has 4 rings (SSSR count). The van der Waals surface area contributed by atoms with Crippen LogP contribution in [0.5, 0.6) is 5.75 Å². The molecule has 146 valence electrons. The molecule has 0 saturated carbocycles. The molecule has 29 heavy (non-hydrogen) atoms. The Bertz CT molecular complexity index is 1280. The van der Waals surface area contributed by atoms with E-state index in [1.807, 2.05) is 67.4 Å². The van der Waals surface area contributed by atoms with E-state index in [1.165, 1.54) is 0 Å². The Morgan fingerprint density at radius 2 is 2.00 bits per heavy atom. The number of H-pyrrole nitrogens is 1. The SMILES string of the molecule is Cc1cccc(OCCN(C)Cc2cc(=O)n3c([nH]c4ccccc43)c2C#N)c1. The lowest BCUT2D eigenvalue weighted by Crippen LogP contribution is -2.26. The smallest absolute Gasteiger partial charge is 0.257 e. The van der Waals surface area contributed by atoms with E-state index >= 15 is 0 Å². The largest absolute Gasteiger partial charge is 0.492 e. The van der Waals surface area contributed by atoms with Gasteiger partial charge in [-0.25, -0.2) is 0 Å². The molecule has 0 spiro atoms. The molecule has 2 heterocycles. The molecular formula is C23H22N4O2. The van der Waals surface area contributed by atoms with E-state index in [2.05, 4.69) is 11.1 Å². The Morgan fingerprint density at radius 1 is 1.17 bits per heavy atom. The molecule has 0 radical (unpaired) electrons. The highest BCUT2D eigenvalue weighted by Crippen LogP contribution is 2.20. The van der Waals surface area contributed by atoms with Gasteiger partial charge in [-0.15, -0.1) is 0 Å². The second kappa shape index (κ2) is 7.82. The van der Waals surface area contributed by atoms with Crippen molar-refractivity contribution < 1.29 is 4.74 Å². The summed E-state index contributed by atoms with van der Waals surface area (Å²) in [5.41, 5.74) is 4.36. The van der Waals surface area contributed by atoms with Gasteiger partial charge in [0, 0.05) is 19.2 Å². The highest BCUT2D eigenvalue weighted by molar-refractivity contribution is 5.82. The number of benzene rings is 2. The van der Waals surface area contributed by atoms with Crippen LogP contribution in [0.15, 0.2) is 59.4 Å². The van der Waals surface area contributed by atoms with Crippen LogP contribution < -0.4 is 10.3 Å². The molecule has 0 aliphatic heterocycles. The van der Waals surface area contributed by atoms with E-state index in [0.29, 0.717) is 36.5 Å². The van der Waals surface area contributed by atoms with Gasteiger partial charge in [-0.3, -0.25) is 14.1 Å². The van der Waals surface area contributed by atoms with Gasteiger partial charge in [-0.05, 0) is 49.4 Å². The number of likely N-dealkylation sites (N-methyl/N-ethyl adjacent to an activating group) is 1. The molecule has 0 bridgehead atoms. The van der Waals surface area contributed by atoms with Crippen molar-refractivity contribution in [2.45, 2.75) is 13.5 Å². The van der Waals surface area contributed by atoms with Crippen LogP contribution in [-0.2, 0) is 6.54 Å². The first-order chi connectivity index (χ1) is 14.1. The number of hydrogen-bond acceptors (Lipinski definition) is 4. The van der Waals surface area contributed by atoms with E-state index in [4.69, 9.17) is 4.74 Å². The van der Waals surface area contributed by atoms with Crippen molar-refractivity contribution in [3.8, 4) is 11.8 Å². The van der Waals surface area contributed by atoms with Crippen LogP contribution in [-0.4, -0.2) is 34.5 Å². The van der Waals surface area contributed by atoms with Crippen molar-refractivity contribution in [2.24, 2.45) is 0 Å². The van der Waals surface area contributed by atoms with Crippen LogP contribution in [0.25, 0.3) is 16.7 Å². The first-order valence-electron chi connectivity index (χ1n) is 9.50. The molecule has 0 saturated heterocycles. The maximum absolute atomic E-state index is 12.7. The Hall–Kier alpha value is -3.56. The topological polar surface area (TPSA) is 73.5 Å². The van der Waals surface area contributed by atoms with Gasteiger partial charge in [0.25, 0.3) is 5.56 Å². The standard InChI is InChI=1S/C23H22N4O2/c1-16-6-5-7-18(12-16)29-11-10-26(2)15-17-13-22(28)27-21-9-4-3-8-20(21)25-23(27)19(17)14-24/h3-9,12-13,25H,10-11,15H2,1-2H3. The number of hydrogen-bond donors (Lipinski definition) is 1. The number of ether oxygens (including phenoxy) is 1. The van der Waals surface area contributed by atoms with Crippen LogP contribution in [0, 0.1) is 18.3 Å². The first-order valence-corrected chi connectivity index (χ1v) is 9.50. The molecule has 1 N–H and O–H groups in total. The monoisotopic (exact) mass is 386 g/mol. The van der Waals surface area contributed by atoms with Crippen LogP contribution in [0.4, 0.5) is 0 Å². The molecule has 0 aliphatic carbocycles. The van der Waals surface area contributed by atoms with Crippen LogP contribution in [0.2, 0.25) is 0 Å². The second-order valence-corrected chi connectivity index (χ2v) is 7.22. The summed E-state index contributed by atoms with van der Waals surface area (Å²) >= 11 is 0. The van der Waals surface area contributed by atoms with Crippen LogP contribution in [0.3, 0.4) is 0 Å². The number of para-hydroxylation sites is 2. The van der Waals surface area contributed by atoms with Gasteiger partial charge in [0.2, 0.25) is 0 Å². The van der Waals surface area contributed by atoms with E-state index in [1.54, 1.807) is 10.5 Å². The highest BCUT2D eigenvalue weighted by Gasteiger charge is 2.15. The van der Waals surface area contributed by atoms with E-state index in [9.17, 15) is 10.1 Å². The van der Waals surface area contributed by atoms with E-state index in [-0.39, 0.29) is 5.56 Å². The van der Waals surface area contributed by atoms with Gasteiger partial charge in [0.05, 0.1) is 16.6 Å². The molecule has 0 amide bonds. The van der Waals surface area contributed by atoms with Crippen molar-refractivity contribution in [1.29, 1.82) is 5.26 Å². The lowest BCUT2D eigenvalue weighted by molar-refractivity contribution is 0.232. The number of rotatable bonds is 6. The third-order valence-corrected chi connectivity index (χ3v) is 4.98. The summed E-state index contributed by atoms with van der Waals surface area (Å²) in [5.74, 6) is 0.842. The van der Waals surface area contributed by atoms with E-state index < -0.39 is 0 Å². The summed E-state index contributed by atoms with van der Waals surface area (Å²) in [6.45, 7) is 3.71. The summed E-state index contributed by atoms with van der Waals surface area (Å²) in [6.07, 6.45) is 0. The minimum Gasteiger partial charge on any atom is -0.492 e. The summed E-state index contributed by atoms with van der Waals surface area (Å²) in [5, 5.41) is 9.77. The molecule has 4 aromatic rings. The Balaban J connectivity index is 1.55. The third-order valence-electron chi connectivity index (χ3n) is 4.98. The van der Waals surface area contributed by atoms with Gasteiger partial charge in [-0.2, -0.15) is 5.26 Å². The van der Waals surface area contributed by atoms with Crippen molar-refractivity contribution >= 4 is 16.7 Å². The number of nitrogens with zero attached hydrogens (tertiary/aromatic N) is 3. The first kappa shape index (κ1) is 18.8. The van der Waals surface area contributed by atoms with Crippen molar-refractivity contribution in [3.05, 3.63) is 81.6 Å². The predicted molar refractivity (Wildman–Crippen MR) is 113 cm³/mol. The predicted octanol–water partition coefficient (Wildman–Crippen LogP) is 3.47. The Morgan fingerprint density at radius 3 is 2.79 bits per heavy atom. The third kappa shape index (κ3) is 3.73. The molecule has 0 unspecified atom stereocenters. The number of fused-ring (bicyclic) bond motifs is 3. The normalized spacial score (nSPS) is 11.2. The summed E-state index contributed by atoms with van der Waals surface area (Å²) in [6, 6.07) is 19.3. The average molecular weight is 386 g/mol. The summed E-state index contributed by atoms with van der Waals surface area (Å²) in [4.78, 5) is 18.0. The van der Waals surface area contributed by atoms with E-state index in [0.717, 1.165) is 22.3 Å². The summed E-state index contributed by atoms with van der Waals surface area (Å²) < 4.78 is 7.37. The Kier molecular flexibility index (Phi) is 5.07. The molecule has 2 aromatic carbocycles. The van der Waals surface area contributed by atoms with Crippen molar-refractivity contribution in [3.63, 3.8) is 0 Å². The second-order valence-electron chi connectivity index (χ2n) is 7.22. The Labute approximate surface area is 168 Å². The van der Waals surface area contributed by atoms with Gasteiger partial charge in [0.1, 0.15) is 24.1 Å². The van der Waals surface area contributed by atoms with Gasteiger partial charge < -0.3 is 9.72 Å². The number of pyridine rings is 1. The molecule has 0 atom stereocenters. The minimum absolute atomic E-state index is 0.143. The number of aromatic nitrogens is 2. The number of nitrogens with one attached hydrogen (secondary N) is 1. The molecule has 6 nitrogen and oxygen atoms in total. The number of aryl methyl sites for hydroxylation is 1. The van der Waals surface area contributed by atoms with Gasteiger partial charge in [-0.1, -0.05) is 24.3 Å². The van der Waals surface area contributed by atoms with Crippen molar-refractivity contribution in [2.75, 3.05) is 20.2 Å². The van der Waals surface area contributed by atoms with Crippen molar-refractivity contribution in [1.82, 2.24) is 14.3 Å².